The van der Waals surface area contributed by atoms with Crippen LogP contribution in [0.4, 0.5) is 4.39 Å². The molecule has 1 rings (SSSR count). The molecule has 0 aliphatic heterocycles. The van der Waals surface area contributed by atoms with Gasteiger partial charge in [-0.15, -0.1) is 0 Å². The van der Waals surface area contributed by atoms with Crippen molar-refractivity contribution in [1.29, 1.82) is 0 Å². The molecule has 0 nitrogen and oxygen atoms in total. The van der Waals surface area contributed by atoms with Crippen LogP contribution in [0.1, 0.15) is 12.5 Å². The van der Waals surface area contributed by atoms with Gasteiger partial charge in [0.25, 0.3) is 0 Å². The molecule has 0 saturated carbocycles. The van der Waals surface area contributed by atoms with Gasteiger partial charge in [-0.1, -0.05) is 13.0 Å². The molecule has 0 amide bonds. The monoisotopic (exact) mass is 123 g/mol. The van der Waals surface area contributed by atoms with Crippen molar-refractivity contribution in [2.75, 3.05) is 0 Å². The highest BCUT2D eigenvalue weighted by molar-refractivity contribution is 5.13. The van der Waals surface area contributed by atoms with Crippen LogP contribution in [0.3, 0.4) is 0 Å². The maximum Gasteiger partial charge on any atom is 0.123 e. The van der Waals surface area contributed by atoms with Crippen molar-refractivity contribution in [3.05, 3.63) is 35.6 Å². The first-order chi connectivity index (χ1) is 4.33. The molecule has 1 heteroatoms. The van der Waals surface area contributed by atoms with Crippen molar-refractivity contribution in [3.63, 3.8) is 0 Å². The Morgan fingerprint density at radius 2 is 2.33 bits per heavy atom. The summed E-state index contributed by atoms with van der Waals surface area (Å²) in [4.78, 5) is 0. The van der Waals surface area contributed by atoms with Gasteiger partial charge in [0, 0.05) is 0 Å². The second-order valence-corrected chi connectivity index (χ2v) is 1.89. The van der Waals surface area contributed by atoms with E-state index in [-0.39, 0.29) is 5.82 Å². The largest absolute Gasteiger partial charge is 0.207 e. The Labute approximate surface area is 54.3 Å². The van der Waals surface area contributed by atoms with Crippen LogP contribution >= 0.6 is 0 Å². The lowest BCUT2D eigenvalue weighted by atomic mass is 10.2. The molecule has 47 valence electrons. The van der Waals surface area contributed by atoms with Gasteiger partial charge >= 0.3 is 0 Å². The Bertz CT molecular complexity index is 176. The molecule has 0 aromatic heterocycles. The molecule has 0 heterocycles. The first-order valence-electron chi connectivity index (χ1n) is 2.99. The van der Waals surface area contributed by atoms with E-state index in [1.54, 1.807) is 6.07 Å². The van der Waals surface area contributed by atoms with Crippen molar-refractivity contribution in [1.82, 2.24) is 0 Å². The fourth-order valence-electron chi connectivity index (χ4n) is 0.658. The third kappa shape index (κ3) is 1.53. The standard InChI is InChI=1S/C8H8F/c1-2-7-3-5-8(9)6-4-7/h3,5-6H,2H2,1H3. The highest BCUT2D eigenvalue weighted by Crippen LogP contribution is 2.00. The van der Waals surface area contributed by atoms with Crippen LogP contribution in [-0.4, -0.2) is 0 Å². The minimum Gasteiger partial charge on any atom is -0.207 e. The lowest BCUT2D eigenvalue weighted by Gasteiger charge is -1.91. The summed E-state index contributed by atoms with van der Waals surface area (Å²) in [6, 6.07) is 7.37. The fourth-order valence-corrected chi connectivity index (χ4v) is 0.658. The maximum absolute atomic E-state index is 12.2. The number of hydrogen-bond acceptors (Lipinski definition) is 0. The van der Waals surface area contributed by atoms with E-state index in [0.717, 1.165) is 12.0 Å². The first-order valence-corrected chi connectivity index (χ1v) is 2.99. The molecule has 0 aliphatic carbocycles. The van der Waals surface area contributed by atoms with Crippen LogP contribution in [0.15, 0.2) is 18.2 Å². The SMILES string of the molecule is CCc1[c]cc(F)cc1. The van der Waals surface area contributed by atoms with Crippen LogP contribution < -0.4 is 0 Å². The van der Waals surface area contributed by atoms with Gasteiger partial charge in [-0.2, -0.15) is 0 Å². The summed E-state index contributed by atoms with van der Waals surface area (Å²) in [6.07, 6.45) is 0.917. The summed E-state index contributed by atoms with van der Waals surface area (Å²) in [5.74, 6) is -0.216. The lowest BCUT2D eigenvalue weighted by Crippen LogP contribution is -1.79. The van der Waals surface area contributed by atoms with Gasteiger partial charge in [0.15, 0.2) is 0 Å². The van der Waals surface area contributed by atoms with E-state index in [1.165, 1.54) is 12.1 Å². The van der Waals surface area contributed by atoms with Crippen molar-refractivity contribution >= 4 is 0 Å². The van der Waals surface area contributed by atoms with E-state index in [9.17, 15) is 4.39 Å². The van der Waals surface area contributed by atoms with Gasteiger partial charge < -0.3 is 0 Å². The number of aryl methyl sites for hydroxylation is 1. The first kappa shape index (κ1) is 6.27. The summed E-state index contributed by atoms with van der Waals surface area (Å²) in [5, 5.41) is 0. The predicted molar refractivity (Wildman–Crippen MR) is 34.6 cm³/mol. The molecule has 0 unspecified atom stereocenters. The van der Waals surface area contributed by atoms with Gasteiger partial charge in [-0.05, 0) is 30.2 Å². The minimum absolute atomic E-state index is 0.216. The predicted octanol–water partition coefficient (Wildman–Crippen LogP) is 2.19. The molecule has 0 bridgehead atoms. The smallest absolute Gasteiger partial charge is 0.123 e. The molecule has 0 saturated heterocycles. The summed E-state index contributed by atoms with van der Waals surface area (Å²) >= 11 is 0. The van der Waals surface area contributed by atoms with Gasteiger partial charge in [0.05, 0.1) is 0 Å². The molecule has 0 spiro atoms. The van der Waals surface area contributed by atoms with Crippen molar-refractivity contribution in [2.45, 2.75) is 13.3 Å². The molecule has 0 fully saturated rings. The number of benzene rings is 1. The number of halogens is 1. The van der Waals surface area contributed by atoms with Crippen LogP contribution in [0.2, 0.25) is 0 Å². The average Bonchev–Trinajstić information content (AvgIpc) is 1.90. The third-order valence-electron chi connectivity index (χ3n) is 1.22. The van der Waals surface area contributed by atoms with E-state index in [4.69, 9.17) is 0 Å². The quantitative estimate of drug-likeness (QED) is 0.537. The van der Waals surface area contributed by atoms with Gasteiger partial charge in [0.1, 0.15) is 5.82 Å². The molecule has 0 atom stereocenters. The second-order valence-electron chi connectivity index (χ2n) is 1.89. The molecule has 0 aliphatic rings. The summed E-state index contributed by atoms with van der Waals surface area (Å²) in [7, 11) is 0. The van der Waals surface area contributed by atoms with Gasteiger partial charge in [-0.3, -0.25) is 0 Å². The third-order valence-corrected chi connectivity index (χ3v) is 1.22. The molecule has 9 heavy (non-hydrogen) atoms. The van der Waals surface area contributed by atoms with Crippen molar-refractivity contribution in [3.8, 4) is 0 Å². The highest BCUT2D eigenvalue weighted by atomic mass is 19.1. The number of rotatable bonds is 1. The zero-order chi connectivity index (χ0) is 6.69. The summed E-state index contributed by atoms with van der Waals surface area (Å²) < 4.78 is 12.2. The summed E-state index contributed by atoms with van der Waals surface area (Å²) in [5.41, 5.74) is 1.05. The molecular weight excluding hydrogens is 115 g/mol. The minimum atomic E-state index is -0.216. The Balaban J connectivity index is 2.88. The zero-order valence-corrected chi connectivity index (χ0v) is 5.32. The average molecular weight is 123 g/mol. The van der Waals surface area contributed by atoms with E-state index >= 15 is 0 Å². The number of hydrogen-bond donors (Lipinski definition) is 0. The highest BCUT2D eigenvalue weighted by Gasteiger charge is 1.88. The van der Waals surface area contributed by atoms with Crippen molar-refractivity contribution < 1.29 is 4.39 Å². The van der Waals surface area contributed by atoms with E-state index in [1.807, 2.05) is 6.92 Å². The molecule has 0 N–H and O–H groups in total. The van der Waals surface area contributed by atoms with Crippen LogP contribution in [0.5, 0.6) is 0 Å². The molecule has 1 radical (unpaired) electrons. The topological polar surface area (TPSA) is 0 Å². The Morgan fingerprint density at radius 3 is 2.78 bits per heavy atom. The summed E-state index contributed by atoms with van der Waals surface area (Å²) in [6.45, 7) is 2.02. The fraction of sp³-hybridized carbons (Fsp3) is 0.250. The zero-order valence-electron chi connectivity index (χ0n) is 5.32. The molecular formula is C8H8F. The van der Waals surface area contributed by atoms with E-state index < -0.39 is 0 Å². The maximum atomic E-state index is 12.2. The van der Waals surface area contributed by atoms with Crippen LogP contribution in [-0.2, 0) is 6.42 Å². The molecule has 1 aromatic carbocycles. The van der Waals surface area contributed by atoms with Crippen LogP contribution in [0, 0.1) is 11.9 Å². The van der Waals surface area contributed by atoms with Crippen molar-refractivity contribution in [2.24, 2.45) is 0 Å². The Morgan fingerprint density at radius 1 is 1.56 bits per heavy atom. The Hall–Kier alpha value is -0.850. The van der Waals surface area contributed by atoms with E-state index in [2.05, 4.69) is 6.07 Å². The normalized spacial score (nSPS) is 9.56. The second kappa shape index (κ2) is 2.62. The van der Waals surface area contributed by atoms with Crippen LogP contribution in [0.25, 0.3) is 0 Å². The Kier molecular flexibility index (Phi) is 1.83. The van der Waals surface area contributed by atoms with Gasteiger partial charge in [-0.25, -0.2) is 4.39 Å². The molecule has 1 aromatic rings. The van der Waals surface area contributed by atoms with Gasteiger partial charge in [0.2, 0.25) is 0 Å². The lowest BCUT2D eigenvalue weighted by molar-refractivity contribution is 0.627. The van der Waals surface area contributed by atoms with E-state index in [0.29, 0.717) is 0 Å².